The first-order chi connectivity index (χ1) is 9.02. The fourth-order valence-electron chi connectivity index (χ4n) is 1.21. The maximum atomic E-state index is 11.8. The molecule has 7 heteroatoms. The molecule has 1 atom stereocenters. The Hall–Kier alpha value is -0.820. The largest absolute Gasteiger partial charge is 0.360 e. The van der Waals surface area contributed by atoms with Crippen LogP contribution in [0.4, 0.5) is 5.13 Å². The highest BCUT2D eigenvalue weighted by Gasteiger charge is 2.16. The minimum Gasteiger partial charge on any atom is -0.360 e. The van der Waals surface area contributed by atoms with Gasteiger partial charge in [-0.1, -0.05) is 43.9 Å². The second kappa shape index (κ2) is 8.37. The van der Waals surface area contributed by atoms with Crippen LogP contribution >= 0.6 is 23.1 Å². The molecule has 5 nitrogen and oxygen atoms in total. The van der Waals surface area contributed by atoms with Gasteiger partial charge in [0.15, 0.2) is 4.34 Å². The molecule has 0 spiro atoms. The van der Waals surface area contributed by atoms with Crippen molar-refractivity contribution >= 4 is 34.1 Å². The van der Waals surface area contributed by atoms with E-state index in [9.17, 15) is 4.79 Å². The molecule has 0 aromatic carbocycles. The molecule has 1 amide bonds. The van der Waals surface area contributed by atoms with E-state index in [2.05, 4.69) is 41.6 Å². The summed E-state index contributed by atoms with van der Waals surface area (Å²) in [5.41, 5.74) is 0. The molecule has 0 aliphatic rings. The monoisotopic (exact) mass is 302 g/mol. The molecule has 2 N–H and O–H groups in total. The van der Waals surface area contributed by atoms with Gasteiger partial charge in [0.2, 0.25) is 11.0 Å². The van der Waals surface area contributed by atoms with Gasteiger partial charge in [-0.15, -0.1) is 10.2 Å². The van der Waals surface area contributed by atoms with Gasteiger partial charge in [0.05, 0.1) is 5.25 Å². The number of hydrogen-bond donors (Lipinski definition) is 2. The zero-order valence-corrected chi connectivity index (χ0v) is 13.5. The summed E-state index contributed by atoms with van der Waals surface area (Å²) < 4.78 is 0.825. The first kappa shape index (κ1) is 16.2. The number of carbonyl (C=O) groups is 1. The molecule has 1 aromatic heterocycles. The molecule has 19 heavy (non-hydrogen) atoms. The number of nitrogens with one attached hydrogen (secondary N) is 2. The molecular formula is C12H22N4OS2. The van der Waals surface area contributed by atoms with Crippen molar-refractivity contribution in [3.05, 3.63) is 0 Å². The summed E-state index contributed by atoms with van der Waals surface area (Å²) in [7, 11) is 0. The van der Waals surface area contributed by atoms with Crippen LogP contribution in [-0.2, 0) is 4.79 Å². The van der Waals surface area contributed by atoms with Gasteiger partial charge in [-0.05, 0) is 19.3 Å². The Balaban J connectivity index is 2.40. The van der Waals surface area contributed by atoms with Crippen molar-refractivity contribution in [1.82, 2.24) is 15.5 Å². The molecule has 0 aliphatic heterocycles. The second-order valence-corrected chi connectivity index (χ2v) is 7.26. The highest BCUT2D eigenvalue weighted by atomic mass is 32.2. The number of thioether (sulfide) groups is 1. The van der Waals surface area contributed by atoms with Crippen LogP contribution in [0.2, 0.25) is 0 Å². The Bertz CT molecular complexity index is 395. The average molecular weight is 302 g/mol. The zero-order valence-electron chi connectivity index (χ0n) is 11.9. The Morgan fingerprint density at radius 1 is 1.37 bits per heavy atom. The summed E-state index contributed by atoms with van der Waals surface area (Å²) in [6.45, 7) is 9.75. The number of aromatic nitrogens is 2. The highest BCUT2D eigenvalue weighted by Crippen LogP contribution is 2.28. The SMILES string of the molecule is CCCNc1nnc(SC(C)C(=O)NCC(C)C)s1. The maximum absolute atomic E-state index is 11.8. The molecule has 1 heterocycles. The fraction of sp³-hybridized carbons (Fsp3) is 0.750. The van der Waals surface area contributed by atoms with Crippen LogP contribution in [0.3, 0.4) is 0 Å². The van der Waals surface area contributed by atoms with E-state index in [4.69, 9.17) is 0 Å². The number of carbonyl (C=O) groups excluding carboxylic acids is 1. The maximum Gasteiger partial charge on any atom is 0.233 e. The number of amides is 1. The summed E-state index contributed by atoms with van der Waals surface area (Å²) >= 11 is 2.94. The summed E-state index contributed by atoms with van der Waals surface area (Å²) in [6.07, 6.45) is 1.05. The van der Waals surface area contributed by atoms with Crippen LogP contribution in [0.1, 0.15) is 34.1 Å². The van der Waals surface area contributed by atoms with Crippen LogP contribution in [0.5, 0.6) is 0 Å². The highest BCUT2D eigenvalue weighted by molar-refractivity contribution is 8.02. The number of hydrogen-bond acceptors (Lipinski definition) is 6. The first-order valence-corrected chi connectivity index (χ1v) is 8.24. The van der Waals surface area contributed by atoms with Crippen LogP contribution < -0.4 is 10.6 Å². The lowest BCUT2D eigenvalue weighted by molar-refractivity contribution is -0.120. The second-order valence-electron chi connectivity index (χ2n) is 4.70. The lowest BCUT2D eigenvalue weighted by Gasteiger charge is -2.11. The van der Waals surface area contributed by atoms with Gasteiger partial charge in [0, 0.05) is 13.1 Å². The normalized spacial score (nSPS) is 12.5. The topological polar surface area (TPSA) is 66.9 Å². The smallest absolute Gasteiger partial charge is 0.233 e. The predicted molar refractivity (Wildman–Crippen MR) is 81.9 cm³/mol. The summed E-state index contributed by atoms with van der Waals surface area (Å²) in [4.78, 5) is 11.8. The third kappa shape index (κ3) is 6.24. The van der Waals surface area contributed by atoms with E-state index >= 15 is 0 Å². The molecule has 1 aromatic rings. The number of anilines is 1. The lowest BCUT2D eigenvalue weighted by Crippen LogP contribution is -2.33. The molecule has 1 rings (SSSR count). The van der Waals surface area contributed by atoms with Crippen LogP contribution in [0, 0.1) is 5.92 Å². The van der Waals surface area contributed by atoms with Gasteiger partial charge in [-0.2, -0.15) is 0 Å². The van der Waals surface area contributed by atoms with Gasteiger partial charge in [-0.25, -0.2) is 0 Å². The van der Waals surface area contributed by atoms with E-state index in [1.807, 2.05) is 6.92 Å². The van der Waals surface area contributed by atoms with Gasteiger partial charge in [0.25, 0.3) is 0 Å². The predicted octanol–water partition coefficient (Wildman–Crippen LogP) is 2.61. The van der Waals surface area contributed by atoms with Crippen LogP contribution in [-0.4, -0.2) is 34.4 Å². The fourth-order valence-corrected chi connectivity index (χ4v) is 3.16. The van der Waals surface area contributed by atoms with Crippen molar-refractivity contribution in [2.75, 3.05) is 18.4 Å². The quantitative estimate of drug-likeness (QED) is 0.723. The van der Waals surface area contributed by atoms with E-state index in [0.717, 1.165) is 22.4 Å². The average Bonchev–Trinajstić information content (AvgIpc) is 2.80. The standard InChI is InChI=1S/C12H22N4OS2/c1-5-6-13-11-15-16-12(19-11)18-9(4)10(17)14-7-8(2)3/h8-9H,5-7H2,1-4H3,(H,13,15)(H,14,17). The molecule has 0 radical (unpaired) electrons. The summed E-state index contributed by atoms with van der Waals surface area (Å²) in [5.74, 6) is 0.518. The summed E-state index contributed by atoms with van der Waals surface area (Å²) in [6, 6.07) is 0. The summed E-state index contributed by atoms with van der Waals surface area (Å²) in [5, 5.41) is 14.9. The van der Waals surface area contributed by atoms with Gasteiger partial charge in [0.1, 0.15) is 0 Å². The molecule has 108 valence electrons. The van der Waals surface area contributed by atoms with Gasteiger partial charge >= 0.3 is 0 Å². The number of rotatable bonds is 8. The van der Waals surface area contributed by atoms with Crippen molar-refractivity contribution in [3.63, 3.8) is 0 Å². The molecule has 0 fully saturated rings. The van der Waals surface area contributed by atoms with Crippen molar-refractivity contribution in [2.45, 2.75) is 43.7 Å². The molecule has 0 saturated heterocycles. The van der Waals surface area contributed by atoms with Crippen LogP contribution in [0.15, 0.2) is 4.34 Å². The Labute approximate surface area is 123 Å². The Morgan fingerprint density at radius 3 is 2.74 bits per heavy atom. The third-order valence-corrected chi connectivity index (χ3v) is 4.33. The van der Waals surface area contributed by atoms with Gasteiger partial charge in [-0.3, -0.25) is 4.79 Å². The molecular weight excluding hydrogens is 280 g/mol. The van der Waals surface area contributed by atoms with Crippen molar-refractivity contribution in [2.24, 2.45) is 5.92 Å². The molecule has 0 bridgehead atoms. The van der Waals surface area contributed by atoms with E-state index < -0.39 is 0 Å². The number of nitrogens with zero attached hydrogens (tertiary/aromatic N) is 2. The molecule has 1 unspecified atom stereocenters. The van der Waals surface area contributed by atoms with E-state index in [1.54, 1.807) is 0 Å². The van der Waals surface area contributed by atoms with E-state index in [1.165, 1.54) is 23.1 Å². The minimum atomic E-state index is -0.147. The van der Waals surface area contributed by atoms with Crippen molar-refractivity contribution < 1.29 is 4.79 Å². The van der Waals surface area contributed by atoms with Crippen molar-refractivity contribution in [1.29, 1.82) is 0 Å². The Morgan fingerprint density at radius 2 is 2.11 bits per heavy atom. The van der Waals surface area contributed by atoms with E-state index in [0.29, 0.717) is 12.5 Å². The first-order valence-electron chi connectivity index (χ1n) is 6.54. The Kier molecular flexibility index (Phi) is 7.15. The zero-order chi connectivity index (χ0) is 14.3. The van der Waals surface area contributed by atoms with Gasteiger partial charge < -0.3 is 10.6 Å². The lowest BCUT2D eigenvalue weighted by atomic mass is 10.2. The van der Waals surface area contributed by atoms with Crippen molar-refractivity contribution in [3.8, 4) is 0 Å². The molecule has 0 saturated carbocycles. The van der Waals surface area contributed by atoms with E-state index in [-0.39, 0.29) is 11.2 Å². The third-order valence-electron chi connectivity index (χ3n) is 2.26. The minimum absolute atomic E-state index is 0.0527. The molecule has 0 aliphatic carbocycles. The van der Waals surface area contributed by atoms with Crippen LogP contribution in [0.25, 0.3) is 0 Å².